The Balaban J connectivity index is 3.25. The van der Waals surface area contributed by atoms with Gasteiger partial charge in [-0.25, -0.2) is 0 Å². The fourth-order valence-electron chi connectivity index (χ4n) is 0.792. The molecular weight excluding hydrogens is 123 g/mol. The second-order valence-corrected chi connectivity index (χ2v) is 2.17. The summed E-state index contributed by atoms with van der Waals surface area (Å²) >= 11 is 0. The highest BCUT2D eigenvalue weighted by Crippen LogP contribution is 2.05. The minimum absolute atomic E-state index is 0.338. The van der Waals surface area contributed by atoms with E-state index < -0.39 is 0 Å². The molecule has 1 nitrogen and oxygen atoms in total. The number of benzene rings is 1. The lowest BCUT2D eigenvalue weighted by Crippen LogP contribution is -2.06. The fourth-order valence-corrected chi connectivity index (χ4v) is 0.792. The van der Waals surface area contributed by atoms with Gasteiger partial charge < -0.3 is 4.74 Å². The second-order valence-electron chi connectivity index (χ2n) is 2.17. The lowest BCUT2D eigenvalue weighted by Gasteiger charge is -2.03. The van der Waals surface area contributed by atoms with Crippen molar-refractivity contribution in [2.75, 3.05) is 7.11 Å². The van der Waals surface area contributed by atoms with Gasteiger partial charge in [0.15, 0.2) is 0 Å². The molecule has 0 fully saturated rings. The molecule has 0 saturated carbocycles. The number of aryl methyl sites for hydroxylation is 1. The lowest BCUT2D eigenvalue weighted by atomic mass is 9.93. The first kappa shape index (κ1) is 5.84. The van der Waals surface area contributed by atoms with Crippen LogP contribution in [0.3, 0.4) is 0 Å². The molecule has 0 saturated heterocycles. The third kappa shape index (κ3) is 1.32. The zero-order valence-corrected chi connectivity index (χ0v) is 6.14. The number of methoxy groups -OCH3 is 1. The van der Waals surface area contributed by atoms with Crippen LogP contribution >= 0.6 is 0 Å². The van der Waals surface area contributed by atoms with Crippen molar-refractivity contribution in [2.24, 2.45) is 0 Å². The summed E-state index contributed by atoms with van der Waals surface area (Å²) in [6.45, 7) is 1.90. The van der Waals surface area contributed by atoms with Gasteiger partial charge in [0.05, 0.1) is 8.48 Å². The van der Waals surface area contributed by atoms with Crippen LogP contribution in [0.2, 0.25) is 0 Å². The summed E-state index contributed by atoms with van der Waals surface area (Å²) in [6, 6.07) is 3.84. The summed E-state index contributed by atoms with van der Waals surface area (Å²) in [5.74, 6) is 0.454. The Morgan fingerprint density at radius 3 is 2.90 bits per heavy atom. The smallest absolute Gasteiger partial charge is 0.119 e. The molecule has 0 N–H and O–H groups in total. The first-order valence-electron chi connectivity index (χ1n) is 3.56. The first-order valence-corrected chi connectivity index (χ1v) is 3.06. The molecule has 0 spiro atoms. The lowest BCUT2D eigenvalue weighted by molar-refractivity contribution is 0.418. The number of ether oxygens (including phenoxy) is 1. The maximum atomic E-state index is 7.45. The van der Waals surface area contributed by atoms with Gasteiger partial charge in [-0.15, -0.1) is 0 Å². The van der Waals surface area contributed by atoms with E-state index in [0.29, 0.717) is 17.3 Å². The van der Waals surface area contributed by atoms with Crippen molar-refractivity contribution in [2.45, 2.75) is 6.92 Å². The molecule has 0 bridgehead atoms. The van der Waals surface area contributed by atoms with E-state index in [1.54, 1.807) is 12.1 Å². The summed E-state index contributed by atoms with van der Waals surface area (Å²) < 4.78 is 12.4. The van der Waals surface area contributed by atoms with Crippen LogP contribution in [0.15, 0.2) is 18.2 Å². The number of hydrogen-bond acceptors (Lipinski definition) is 1. The van der Waals surface area contributed by atoms with Crippen LogP contribution in [0.25, 0.3) is 0 Å². The molecule has 0 aliphatic heterocycles. The molecule has 1 aromatic rings. The minimum Gasteiger partial charge on any atom is -0.497 e. The van der Waals surface area contributed by atoms with Crippen molar-refractivity contribution in [1.82, 2.24) is 0 Å². The maximum absolute atomic E-state index is 7.45. The van der Waals surface area contributed by atoms with Gasteiger partial charge in [0.1, 0.15) is 13.6 Å². The molecule has 2 heteroatoms. The van der Waals surface area contributed by atoms with Gasteiger partial charge in [-0.3, -0.25) is 0 Å². The molecule has 10 heavy (non-hydrogen) atoms. The normalized spacial score (nSPS) is 10.8. The molecule has 0 aromatic heterocycles. The average molecular weight is 133 g/mol. The van der Waals surface area contributed by atoms with Crippen molar-refractivity contribution < 1.29 is 6.11 Å². The maximum Gasteiger partial charge on any atom is 0.119 e. The van der Waals surface area contributed by atoms with Crippen LogP contribution in [0.5, 0.6) is 5.75 Å². The first-order chi connectivity index (χ1) is 5.15. The van der Waals surface area contributed by atoms with Gasteiger partial charge in [-0.1, -0.05) is 23.2 Å². The van der Waals surface area contributed by atoms with Crippen LogP contribution < -0.4 is 10.2 Å². The van der Waals surface area contributed by atoms with Gasteiger partial charge in [0, 0.05) is 0 Å². The van der Waals surface area contributed by atoms with Crippen molar-refractivity contribution >= 4 is 13.3 Å². The molecule has 0 aliphatic carbocycles. The number of rotatable bonds is 1. The van der Waals surface area contributed by atoms with E-state index in [1.807, 2.05) is 6.92 Å². The standard InChI is InChI=1S/C8H9BO/c1-6-3-4-8(10-2)7(9)5-6/h3-5H,1-2H3/i4D. The molecule has 0 aliphatic rings. The van der Waals surface area contributed by atoms with Gasteiger partial charge in [0.2, 0.25) is 0 Å². The van der Waals surface area contributed by atoms with Gasteiger partial charge in [-0.05, 0) is 13.0 Å². The zero-order chi connectivity index (χ0) is 8.43. The van der Waals surface area contributed by atoms with Crippen molar-refractivity contribution in [3.05, 3.63) is 23.7 Å². The Morgan fingerprint density at radius 2 is 2.40 bits per heavy atom. The second kappa shape index (κ2) is 2.78. The van der Waals surface area contributed by atoms with Crippen LogP contribution in [0, 0.1) is 6.92 Å². The molecule has 2 radical (unpaired) electrons. The summed E-state index contributed by atoms with van der Waals surface area (Å²) in [5, 5.41) is 0. The van der Waals surface area contributed by atoms with Gasteiger partial charge >= 0.3 is 0 Å². The molecule has 1 aromatic carbocycles. The molecule has 0 unspecified atom stereocenters. The Bertz CT molecular complexity index is 250. The minimum atomic E-state index is 0.338. The van der Waals surface area contributed by atoms with Gasteiger partial charge in [-0.2, -0.15) is 0 Å². The largest absolute Gasteiger partial charge is 0.497 e. The van der Waals surface area contributed by atoms with E-state index in [0.717, 1.165) is 5.56 Å². The highest BCUT2D eigenvalue weighted by Gasteiger charge is 1.94. The molecule has 50 valence electrons. The average Bonchev–Trinajstić information content (AvgIpc) is 1.85. The predicted molar refractivity (Wildman–Crippen MR) is 43.1 cm³/mol. The van der Waals surface area contributed by atoms with E-state index >= 15 is 0 Å². The van der Waals surface area contributed by atoms with E-state index in [4.69, 9.17) is 14.0 Å². The Morgan fingerprint density at radius 1 is 1.70 bits per heavy atom. The monoisotopic (exact) mass is 133 g/mol. The predicted octanol–water partition coefficient (Wildman–Crippen LogP) is 0.797. The Hall–Kier alpha value is -0.915. The van der Waals surface area contributed by atoms with E-state index in [-0.39, 0.29) is 0 Å². The van der Waals surface area contributed by atoms with Crippen LogP contribution in [0.1, 0.15) is 6.93 Å². The molecular formula is C8H9BO. The molecule has 1 rings (SSSR count). The summed E-state index contributed by atoms with van der Waals surface area (Å²) in [7, 11) is 7.10. The highest BCUT2D eigenvalue weighted by molar-refractivity contribution is 6.34. The van der Waals surface area contributed by atoms with E-state index in [1.165, 1.54) is 7.11 Å². The van der Waals surface area contributed by atoms with Crippen LogP contribution in [-0.4, -0.2) is 15.0 Å². The quantitative estimate of drug-likeness (QED) is 0.514. The van der Waals surface area contributed by atoms with Crippen molar-refractivity contribution in [3.8, 4) is 5.75 Å². The Kier molecular flexibility index (Phi) is 1.62. The topological polar surface area (TPSA) is 9.23 Å². The Labute approximate surface area is 63.8 Å². The third-order valence-corrected chi connectivity index (χ3v) is 1.28. The zero-order valence-electron chi connectivity index (χ0n) is 7.14. The van der Waals surface area contributed by atoms with Gasteiger partial charge in [0.25, 0.3) is 0 Å². The number of hydrogen-bond donors (Lipinski definition) is 0. The van der Waals surface area contributed by atoms with Crippen molar-refractivity contribution in [3.63, 3.8) is 0 Å². The van der Waals surface area contributed by atoms with Crippen molar-refractivity contribution in [1.29, 1.82) is 0 Å². The van der Waals surface area contributed by atoms with E-state index in [2.05, 4.69) is 0 Å². The van der Waals surface area contributed by atoms with Crippen LogP contribution in [-0.2, 0) is 0 Å². The summed E-state index contributed by atoms with van der Waals surface area (Å²) in [4.78, 5) is 0. The highest BCUT2D eigenvalue weighted by atomic mass is 16.5. The summed E-state index contributed by atoms with van der Waals surface area (Å²) in [5.41, 5.74) is 1.51. The summed E-state index contributed by atoms with van der Waals surface area (Å²) in [6.07, 6.45) is 0. The fraction of sp³-hybridized carbons (Fsp3) is 0.250. The van der Waals surface area contributed by atoms with Crippen LogP contribution in [0.4, 0.5) is 0 Å². The third-order valence-electron chi connectivity index (χ3n) is 1.28. The SMILES string of the molecule is [2H]c1cc(C)cc([B])c1OC. The molecule has 0 atom stereocenters. The molecule has 0 amide bonds. The van der Waals surface area contributed by atoms with E-state index in [9.17, 15) is 0 Å². The molecule has 0 heterocycles.